The lowest BCUT2D eigenvalue weighted by atomic mass is 10.1. The molecule has 1 heterocycles. The molecule has 2 aromatic rings. The first-order chi connectivity index (χ1) is 10.2. The van der Waals surface area contributed by atoms with E-state index >= 15 is 0 Å². The molecule has 0 saturated carbocycles. The number of amides is 1. The van der Waals surface area contributed by atoms with Crippen LogP contribution in [0.5, 0.6) is 5.75 Å². The Labute approximate surface area is 124 Å². The van der Waals surface area contributed by atoms with Crippen LogP contribution in [0.2, 0.25) is 0 Å². The molecule has 0 aliphatic heterocycles. The summed E-state index contributed by atoms with van der Waals surface area (Å²) in [5.41, 5.74) is 6.71. The van der Waals surface area contributed by atoms with Gasteiger partial charge in [-0.15, -0.1) is 0 Å². The number of hydrogen-bond acceptors (Lipinski definition) is 4. The van der Waals surface area contributed by atoms with Gasteiger partial charge in [0.05, 0.1) is 18.1 Å². The van der Waals surface area contributed by atoms with Crippen molar-refractivity contribution in [3.63, 3.8) is 0 Å². The van der Waals surface area contributed by atoms with Crippen molar-refractivity contribution in [1.82, 2.24) is 4.90 Å². The van der Waals surface area contributed by atoms with Crippen molar-refractivity contribution in [3.05, 3.63) is 30.0 Å². The van der Waals surface area contributed by atoms with Crippen LogP contribution in [0.1, 0.15) is 19.4 Å². The van der Waals surface area contributed by atoms with E-state index in [1.807, 2.05) is 18.2 Å². The van der Waals surface area contributed by atoms with Crippen molar-refractivity contribution in [2.75, 3.05) is 26.2 Å². The molecule has 0 bridgehead atoms. The van der Waals surface area contributed by atoms with Gasteiger partial charge in [-0.25, -0.2) is 0 Å². The molecule has 0 radical (unpaired) electrons. The highest BCUT2D eigenvalue weighted by Gasteiger charge is 2.12. The van der Waals surface area contributed by atoms with Gasteiger partial charge in [-0.1, -0.05) is 19.9 Å². The normalized spacial score (nSPS) is 11.2. The fourth-order valence-electron chi connectivity index (χ4n) is 2.37. The van der Waals surface area contributed by atoms with Crippen LogP contribution in [0.15, 0.2) is 28.9 Å². The number of hydrogen-bond donors (Lipinski definition) is 1. The van der Waals surface area contributed by atoms with E-state index < -0.39 is 0 Å². The minimum Gasteiger partial charge on any atom is -0.491 e. The van der Waals surface area contributed by atoms with Gasteiger partial charge in [0.25, 0.3) is 0 Å². The van der Waals surface area contributed by atoms with Gasteiger partial charge in [0.15, 0.2) is 0 Å². The van der Waals surface area contributed by atoms with Crippen molar-refractivity contribution in [1.29, 1.82) is 0 Å². The largest absolute Gasteiger partial charge is 0.491 e. The van der Waals surface area contributed by atoms with Crippen molar-refractivity contribution in [2.24, 2.45) is 5.73 Å². The second kappa shape index (κ2) is 7.13. The summed E-state index contributed by atoms with van der Waals surface area (Å²) in [5, 5.41) is 0.883. The van der Waals surface area contributed by atoms with E-state index in [4.69, 9.17) is 14.9 Å². The first kappa shape index (κ1) is 15.4. The number of benzene rings is 1. The molecule has 2 rings (SSSR count). The molecule has 2 N–H and O–H groups in total. The highest BCUT2D eigenvalue weighted by Crippen LogP contribution is 2.29. The summed E-state index contributed by atoms with van der Waals surface area (Å²) in [4.78, 5) is 13.4. The average Bonchev–Trinajstić information content (AvgIpc) is 2.95. The smallest absolute Gasteiger partial charge is 0.221 e. The summed E-state index contributed by atoms with van der Waals surface area (Å²) >= 11 is 0. The van der Waals surface area contributed by atoms with E-state index in [0.29, 0.717) is 12.2 Å². The molecule has 1 aromatic heterocycles. The van der Waals surface area contributed by atoms with Gasteiger partial charge in [-0.2, -0.15) is 0 Å². The van der Waals surface area contributed by atoms with Gasteiger partial charge >= 0.3 is 0 Å². The Kier molecular flexibility index (Phi) is 5.22. The zero-order chi connectivity index (χ0) is 15.2. The molecule has 5 heteroatoms. The predicted molar refractivity (Wildman–Crippen MR) is 82.4 cm³/mol. The first-order valence-corrected chi connectivity index (χ1v) is 7.28. The molecule has 0 atom stereocenters. The predicted octanol–water partition coefficient (Wildman–Crippen LogP) is 2.18. The Morgan fingerprint density at radius 1 is 1.29 bits per heavy atom. The molecule has 5 nitrogen and oxygen atoms in total. The van der Waals surface area contributed by atoms with Crippen LogP contribution in [-0.4, -0.2) is 37.0 Å². The minimum atomic E-state index is -0.372. The number of fused-ring (bicyclic) bond motifs is 1. The summed E-state index contributed by atoms with van der Waals surface area (Å²) in [6.07, 6.45) is 1.77. The van der Waals surface area contributed by atoms with Gasteiger partial charge in [0.1, 0.15) is 17.9 Å². The SMILES string of the molecule is CCN(CC)CCOc1ccc(CC(N)=O)c2occc12. The van der Waals surface area contributed by atoms with Crippen LogP contribution in [0.3, 0.4) is 0 Å². The van der Waals surface area contributed by atoms with Crippen LogP contribution in [-0.2, 0) is 11.2 Å². The number of likely N-dealkylation sites (N-methyl/N-ethyl adjacent to an activating group) is 1. The molecule has 0 spiro atoms. The molecule has 0 aliphatic rings. The van der Waals surface area contributed by atoms with Crippen molar-refractivity contribution in [2.45, 2.75) is 20.3 Å². The number of carbonyl (C=O) groups is 1. The monoisotopic (exact) mass is 290 g/mol. The quantitative estimate of drug-likeness (QED) is 0.809. The van der Waals surface area contributed by atoms with Crippen LogP contribution < -0.4 is 10.5 Å². The van der Waals surface area contributed by atoms with Gasteiger partial charge in [0, 0.05) is 12.1 Å². The molecule has 1 aromatic carbocycles. The maximum atomic E-state index is 11.1. The summed E-state index contributed by atoms with van der Waals surface area (Å²) in [6.45, 7) is 7.80. The van der Waals surface area contributed by atoms with Crippen LogP contribution in [0.4, 0.5) is 0 Å². The Balaban J connectivity index is 2.11. The van der Waals surface area contributed by atoms with Crippen molar-refractivity contribution < 1.29 is 13.9 Å². The van der Waals surface area contributed by atoms with E-state index in [2.05, 4.69) is 18.7 Å². The Morgan fingerprint density at radius 3 is 2.71 bits per heavy atom. The topological polar surface area (TPSA) is 68.7 Å². The number of furan rings is 1. The second-order valence-corrected chi connectivity index (χ2v) is 4.90. The molecule has 21 heavy (non-hydrogen) atoms. The summed E-state index contributed by atoms with van der Waals surface area (Å²) in [5.74, 6) is 0.405. The summed E-state index contributed by atoms with van der Waals surface area (Å²) < 4.78 is 11.3. The van der Waals surface area contributed by atoms with E-state index in [1.54, 1.807) is 6.26 Å². The standard InChI is InChI=1S/C16H22N2O3/c1-3-18(4-2)8-10-20-14-6-5-12(11-15(17)19)16-13(14)7-9-21-16/h5-7,9H,3-4,8,10-11H2,1-2H3,(H2,17,19). The number of nitrogens with zero attached hydrogens (tertiary/aromatic N) is 1. The maximum Gasteiger partial charge on any atom is 0.221 e. The third kappa shape index (κ3) is 3.76. The number of primary amides is 1. The molecule has 0 saturated heterocycles. The number of rotatable bonds is 8. The lowest BCUT2D eigenvalue weighted by Crippen LogP contribution is -2.27. The van der Waals surface area contributed by atoms with E-state index in [-0.39, 0.29) is 12.3 Å². The molecule has 114 valence electrons. The fraction of sp³-hybridized carbons (Fsp3) is 0.438. The zero-order valence-corrected chi connectivity index (χ0v) is 12.6. The van der Waals surface area contributed by atoms with E-state index in [9.17, 15) is 4.79 Å². The number of carbonyl (C=O) groups excluding carboxylic acids is 1. The van der Waals surface area contributed by atoms with Gasteiger partial charge in [-0.3, -0.25) is 4.79 Å². The van der Waals surface area contributed by atoms with Gasteiger partial charge in [-0.05, 0) is 25.2 Å². The van der Waals surface area contributed by atoms with Crippen LogP contribution >= 0.6 is 0 Å². The Hall–Kier alpha value is -2.01. The molecular formula is C16H22N2O3. The van der Waals surface area contributed by atoms with Gasteiger partial charge in [0.2, 0.25) is 5.91 Å². The number of nitrogens with two attached hydrogens (primary N) is 1. The second-order valence-electron chi connectivity index (χ2n) is 4.90. The molecular weight excluding hydrogens is 268 g/mol. The lowest BCUT2D eigenvalue weighted by Gasteiger charge is -2.18. The highest BCUT2D eigenvalue weighted by atomic mass is 16.5. The average molecular weight is 290 g/mol. The van der Waals surface area contributed by atoms with Crippen molar-refractivity contribution >= 4 is 16.9 Å². The van der Waals surface area contributed by atoms with Crippen LogP contribution in [0.25, 0.3) is 11.0 Å². The van der Waals surface area contributed by atoms with Crippen LogP contribution in [0, 0.1) is 0 Å². The summed E-state index contributed by atoms with van der Waals surface area (Å²) in [6, 6.07) is 5.56. The zero-order valence-electron chi connectivity index (χ0n) is 12.6. The molecule has 1 amide bonds. The van der Waals surface area contributed by atoms with E-state index in [0.717, 1.165) is 36.3 Å². The van der Waals surface area contributed by atoms with E-state index in [1.165, 1.54) is 0 Å². The third-order valence-electron chi connectivity index (χ3n) is 3.58. The molecule has 0 aliphatic carbocycles. The Bertz CT molecular complexity index is 603. The highest BCUT2D eigenvalue weighted by molar-refractivity contribution is 5.90. The van der Waals surface area contributed by atoms with Gasteiger partial charge < -0.3 is 19.8 Å². The first-order valence-electron chi connectivity index (χ1n) is 7.28. The minimum absolute atomic E-state index is 0.170. The van der Waals surface area contributed by atoms with Crippen molar-refractivity contribution in [3.8, 4) is 5.75 Å². The lowest BCUT2D eigenvalue weighted by molar-refractivity contribution is -0.117. The summed E-state index contributed by atoms with van der Waals surface area (Å²) in [7, 11) is 0. The maximum absolute atomic E-state index is 11.1. The third-order valence-corrected chi connectivity index (χ3v) is 3.58. The molecule has 0 unspecified atom stereocenters. The number of ether oxygens (including phenoxy) is 1. The fourth-order valence-corrected chi connectivity index (χ4v) is 2.37. The Morgan fingerprint density at radius 2 is 2.05 bits per heavy atom. The molecule has 0 fully saturated rings.